The van der Waals surface area contributed by atoms with Gasteiger partial charge >= 0.3 is 0 Å². The van der Waals surface area contributed by atoms with Gasteiger partial charge in [0.25, 0.3) is 0 Å². The van der Waals surface area contributed by atoms with E-state index in [1.54, 1.807) is 6.07 Å². The number of hydrogen-bond acceptors (Lipinski definition) is 3. The molecule has 5 heteroatoms. The number of ether oxygens (including phenoxy) is 1. The van der Waals surface area contributed by atoms with E-state index in [-0.39, 0.29) is 6.10 Å². The third-order valence-corrected chi connectivity index (χ3v) is 5.15. The Balaban J connectivity index is 1.93. The molecule has 0 atom stereocenters. The van der Waals surface area contributed by atoms with Crippen LogP contribution in [0.4, 0.5) is 0 Å². The van der Waals surface area contributed by atoms with Crippen LogP contribution in [-0.4, -0.2) is 27.7 Å². The van der Waals surface area contributed by atoms with Crippen LogP contribution in [0.3, 0.4) is 0 Å². The first-order chi connectivity index (χ1) is 9.99. The summed E-state index contributed by atoms with van der Waals surface area (Å²) in [5.74, 6) is 0. The van der Waals surface area contributed by atoms with E-state index in [1.165, 1.54) is 17.5 Å². The first kappa shape index (κ1) is 16.5. The average molecular weight is 311 g/mol. The summed E-state index contributed by atoms with van der Waals surface area (Å²) in [4.78, 5) is 0.382. The monoisotopic (exact) mass is 311 g/mol. The van der Waals surface area contributed by atoms with Crippen molar-refractivity contribution in [2.75, 3.05) is 13.2 Å². The molecule has 0 amide bonds. The maximum absolute atomic E-state index is 12.3. The van der Waals surface area contributed by atoms with Crippen LogP contribution >= 0.6 is 0 Å². The number of fused-ring (bicyclic) bond motifs is 1. The zero-order valence-corrected chi connectivity index (χ0v) is 13.7. The number of aryl methyl sites for hydroxylation is 2. The second-order valence-electron chi connectivity index (χ2n) is 5.81. The molecule has 0 unspecified atom stereocenters. The van der Waals surface area contributed by atoms with Gasteiger partial charge in [-0.25, -0.2) is 13.1 Å². The Labute approximate surface area is 127 Å². The highest BCUT2D eigenvalue weighted by Crippen LogP contribution is 2.23. The van der Waals surface area contributed by atoms with E-state index >= 15 is 0 Å². The molecule has 1 aromatic carbocycles. The van der Waals surface area contributed by atoms with Gasteiger partial charge in [-0.05, 0) is 69.2 Å². The van der Waals surface area contributed by atoms with Gasteiger partial charge in [0.2, 0.25) is 10.0 Å². The average Bonchev–Trinajstić information content (AvgIpc) is 2.46. The standard InChI is InChI=1S/C16H25NO3S/c1-13(2)20-11-5-10-17-21(18,19)16-9-8-14-6-3-4-7-15(14)12-16/h8-9,12-13,17H,3-7,10-11H2,1-2H3. The quantitative estimate of drug-likeness (QED) is 0.788. The van der Waals surface area contributed by atoms with Crippen molar-refractivity contribution < 1.29 is 13.2 Å². The molecule has 4 nitrogen and oxygen atoms in total. The predicted octanol–water partition coefficient (Wildman–Crippen LogP) is 2.66. The Hall–Kier alpha value is -0.910. The highest BCUT2D eigenvalue weighted by atomic mass is 32.2. The Morgan fingerprint density at radius 2 is 1.90 bits per heavy atom. The molecule has 21 heavy (non-hydrogen) atoms. The number of hydrogen-bond donors (Lipinski definition) is 1. The maximum Gasteiger partial charge on any atom is 0.240 e. The molecule has 1 N–H and O–H groups in total. The van der Waals surface area contributed by atoms with Crippen LogP contribution in [0.25, 0.3) is 0 Å². The minimum absolute atomic E-state index is 0.183. The van der Waals surface area contributed by atoms with Crippen LogP contribution in [0, 0.1) is 0 Å². The third kappa shape index (κ3) is 4.80. The van der Waals surface area contributed by atoms with Gasteiger partial charge < -0.3 is 4.74 Å². The van der Waals surface area contributed by atoms with E-state index < -0.39 is 10.0 Å². The summed E-state index contributed by atoms with van der Waals surface area (Å²) in [5, 5.41) is 0. The molecule has 1 aromatic rings. The Morgan fingerprint density at radius 1 is 1.19 bits per heavy atom. The number of benzene rings is 1. The van der Waals surface area contributed by atoms with Crippen LogP contribution in [0.15, 0.2) is 23.1 Å². The molecule has 1 aliphatic carbocycles. The van der Waals surface area contributed by atoms with Crippen LogP contribution in [0.5, 0.6) is 0 Å². The van der Waals surface area contributed by atoms with Crippen molar-refractivity contribution in [1.82, 2.24) is 4.72 Å². The van der Waals surface area contributed by atoms with Crippen molar-refractivity contribution in [3.8, 4) is 0 Å². The Morgan fingerprint density at radius 3 is 2.62 bits per heavy atom. The van der Waals surface area contributed by atoms with Gasteiger partial charge in [0.1, 0.15) is 0 Å². The molecule has 0 saturated heterocycles. The van der Waals surface area contributed by atoms with Crippen molar-refractivity contribution in [1.29, 1.82) is 0 Å². The number of sulfonamides is 1. The molecule has 0 saturated carbocycles. The van der Waals surface area contributed by atoms with Gasteiger partial charge in [0.05, 0.1) is 11.0 Å². The van der Waals surface area contributed by atoms with Crippen molar-refractivity contribution in [2.45, 2.75) is 57.0 Å². The third-order valence-electron chi connectivity index (χ3n) is 3.69. The minimum Gasteiger partial charge on any atom is -0.379 e. The summed E-state index contributed by atoms with van der Waals surface area (Å²) >= 11 is 0. The van der Waals surface area contributed by atoms with Crippen LogP contribution in [0.2, 0.25) is 0 Å². The van der Waals surface area contributed by atoms with E-state index in [0.717, 1.165) is 19.3 Å². The largest absolute Gasteiger partial charge is 0.379 e. The zero-order valence-electron chi connectivity index (χ0n) is 12.9. The molecule has 0 fully saturated rings. The number of nitrogens with one attached hydrogen (secondary N) is 1. The summed E-state index contributed by atoms with van der Waals surface area (Å²) in [6.07, 6.45) is 5.27. The van der Waals surface area contributed by atoms with Gasteiger partial charge in [-0.15, -0.1) is 0 Å². The molecule has 118 valence electrons. The maximum atomic E-state index is 12.3. The van der Waals surface area contributed by atoms with Crippen LogP contribution in [0.1, 0.15) is 44.2 Å². The molecular formula is C16H25NO3S. The summed E-state index contributed by atoms with van der Waals surface area (Å²) < 4.78 is 32.6. The Bertz CT molecular complexity index is 567. The molecule has 2 rings (SSSR count). The van der Waals surface area contributed by atoms with Crippen LogP contribution in [-0.2, 0) is 27.6 Å². The molecule has 0 heterocycles. The molecule has 0 aliphatic heterocycles. The van der Waals surface area contributed by atoms with Crippen molar-refractivity contribution >= 4 is 10.0 Å². The molecule has 0 aromatic heterocycles. The summed E-state index contributed by atoms with van der Waals surface area (Å²) in [6.45, 7) is 4.92. The van der Waals surface area contributed by atoms with E-state index in [1.807, 2.05) is 26.0 Å². The van der Waals surface area contributed by atoms with Crippen molar-refractivity contribution in [3.63, 3.8) is 0 Å². The SMILES string of the molecule is CC(C)OCCCNS(=O)(=O)c1ccc2c(c1)CCCC2. The van der Waals surface area contributed by atoms with E-state index in [9.17, 15) is 8.42 Å². The summed E-state index contributed by atoms with van der Waals surface area (Å²) in [5.41, 5.74) is 2.48. The van der Waals surface area contributed by atoms with Crippen LogP contribution < -0.4 is 4.72 Å². The van der Waals surface area contributed by atoms with E-state index in [2.05, 4.69) is 4.72 Å². The number of rotatable bonds is 7. The first-order valence-electron chi connectivity index (χ1n) is 7.72. The van der Waals surface area contributed by atoms with Gasteiger partial charge in [0.15, 0.2) is 0 Å². The topological polar surface area (TPSA) is 55.4 Å². The molecule has 1 aliphatic rings. The summed E-state index contributed by atoms with van der Waals surface area (Å²) in [6, 6.07) is 5.52. The second-order valence-corrected chi connectivity index (χ2v) is 7.58. The summed E-state index contributed by atoms with van der Waals surface area (Å²) in [7, 11) is -3.40. The van der Waals surface area contributed by atoms with E-state index in [0.29, 0.717) is 24.5 Å². The molecular weight excluding hydrogens is 286 g/mol. The van der Waals surface area contributed by atoms with Gasteiger partial charge in [-0.2, -0.15) is 0 Å². The van der Waals surface area contributed by atoms with Gasteiger partial charge in [-0.3, -0.25) is 0 Å². The molecule has 0 bridgehead atoms. The first-order valence-corrected chi connectivity index (χ1v) is 9.20. The fourth-order valence-corrected chi connectivity index (χ4v) is 3.68. The minimum atomic E-state index is -3.40. The second kappa shape index (κ2) is 7.38. The fourth-order valence-electron chi connectivity index (χ4n) is 2.56. The predicted molar refractivity (Wildman–Crippen MR) is 84.0 cm³/mol. The highest BCUT2D eigenvalue weighted by Gasteiger charge is 2.17. The van der Waals surface area contributed by atoms with Gasteiger partial charge in [-0.1, -0.05) is 6.07 Å². The lowest BCUT2D eigenvalue weighted by Crippen LogP contribution is -2.26. The lowest BCUT2D eigenvalue weighted by atomic mass is 9.92. The smallest absolute Gasteiger partial charge is 0.240 e. The Kier molecular flexibility index (Phi) is 5.79. The zero-order chi connectivity index (χ0) is 15.3. The molecule has 0 spiro atoms. The van der Waals surface area contributed by atoms with Crippen molar-refractivity contribution in [2.24, 2.45) is 0 Å². The fraction of sp³-hybridized carbons (Fsp3) is 0.625. The van der Waals surface area contributed by atoms with Gasteiger partial charge in [0, 0.05) is 13.2 Å². The normalized spacial score (nSPS) is 15.2. The highest BCUT2D eigenvalue weighted by molar-refractivity contribution is 7.89. The lowest BCUT2D eigenvalue weighted by Gasteiger charge is -2.16. The van der Waals surface area contributed by atoms with Crippen molar-refractivity contribution in [3.05, 3.63) is 29.3 Å². The lowest BCUT2D eigenvalue weighted by molar-refractivity contribution is 0.0778. The molecule has 0 radical (unpaired) electrons. The van der Waals surface area contributed by atoms with E-state index in [4.69, 9.17) is 4.74 Å².